The molecular formula is C30H24Cl4N2O3. The Morgan fingerprint density at radius 3 is 1.77 bits per heavy atom. The molecular weight excluding hydrogens is 578 g/mol. The van der Waals surface area contributed by atoms with Crippen LogP contribution in [-0.2, 0) is 24.1 Å². The van der Waals surface area contributed by atoms with Crippen LogP contribution in [0, 0.1) is 11.8 Å². The van der Waals surface area contributed by atoms with Gasteiger partial charge in [-0.25, -0.2) is 0 Å². The molecule has 0 aromatic heterocycles. The molecule has 2 atom stereocenters. The number of amides is 3. The fourth-order valence-electron chi connectivity index (χ4n) is 6.49. The number of benzene rings is 3. The third kappa shape index (κ3) is 3.85. The van der Waals surface area contributed by atoms with Gasteiger partial charge in [0, 0.05) is 13.0 Å². The number of rotatable bonds is 7. The van der Waals surface area contributed by atoms with E-state index in [-0.39, 0.29) is 30.7 Å². The van der Waals surface area contributed by atoms with E-state index in [1.807, 2.05) is 48.5 Å². The minimum atomic E-state index is -1.17. The lowest BCUT2D eigenvalue weighted by atomic mass is 9.54. The maximum absolute atomic E-state index is 13.8. The van der Waals surface area contributed by atoms with E-state index in [4.69, 9.17) is 46.4 Å². The minimum absolute atomic E-state index is 0.182. The van der Waals surface area contributed by atoms with Gasteiger partial charge in [0.15, 0.2) is 0 Å². The second-order valence-electron chi connectivity index (χ2n) is 10.3. The Labute approximate surface area is 246 Å². The van der Waals surface area contributed by atoms with Crippen molar-refractivity contribution in [1.82, 2.24) is 4.90 Å². The van der Waals surface area contributed by atoms with Gasteiger partial charge in [-0.1, -0.05) is 84.2 Å². The van der Waals surface area contributed by atoms with Crippen molar-refractivity contribution >= 4 is 69.8 Å². The molecule has 200 valence electrons. The number of anilines is 1. The van der Waals surface area contributed by atoms with Gasteiger partial charge in [-0.2, -0.15) is 0 Å². The van der Waals surface area contributed by atoms with Crippen LogP contribution in [-0.4, -0.2) is 29.2 Å². The molecule has 1 heterocycles. The van der Waals surface area contributed by atoms with E-state index >= 15 is 0 Å². The monoisotopic (exact) mass is 600 g/mol. The Balaban J connectivity index is 1.16. The average molecular weight is 602 g/mol. The summed E-state index contributed by atoms with van der Waals surface area (Å²) in [6.45, 7) is 0.249. The number of hydrogen-bond acceptors (Lipinski definition) is 3. The summed E-state index contributed by atoms with van der Waals surface area (Å²) in [7, 11) is 0. The lowest BCUT2D eigenvalue weighted by Crippen LogP contribution is -2.57. The summed E-state index contributed by atoms with van der Waals surface area (Å²) in [6.07, 6.45) is 2.08. The Morgan fingerprint density at radius 2 is 1.26 bits per heavy atom. The number of nitrogens with one attached hydrogen (secondary N) is 1. The largest absolute Gasteiger partial charge is 0.325 e. The molecule has 0 spiro atoms. The molecule has 39 heavy (non-hydrogen) atoms. The number of unbranched alkanes of at least 4 members (excludes halogenated alkanes) is 2. The van der Waals surface area contributed by atoms with Gasteiger partial charge in [-0.3, -0.25) is 19.3 Å². The Kier molecular flexibility index (Phi) is 6.70. The minimum Gasteiger partial charge on any atom is -0.325 e. The van der Waals surface area contributed by atoms with Gasteiger partial charge in [0.1, 0.15) is 9.75 Å². The number of nitrogens with zero attached hydrogens (tertiary/aromatic N) is 1. The van der Waals surface area contributed by atoms with Crippen molar-refractivity contribution in [2.75, 3.05) is 11.9 Å². The molecule has 4 aliphatic rings. The van der Waals surface area contributed by atoms with Crippen molar-refractivity contribution in [3.05, 3.63) is 99.0 Å². The van der Waals surface area contributed by atoms with E-state index in [2.05, 4.69) is 5.32 Å². The summed E-state index contributed by atoms with van der Waals surface area (Å²) in [5.74, 6) is -2.34. The molecule has 1 saturated heterocycles. The van der Waals surface area contributed by atoms with Gasteiger partial charge < -0.3 is 5.32 Å². The highest BCUT2D eigenvalue weighted by atomic mass is 35.5. The maximum Gasteiger partial charge on any atom is 0.235 e. The number of likely N-dealkylation sites (tertiary alicyclic amines) is 1. The van der Waals surface area contributed by atoms with Crippen molar-refractivity contribution in [3.8, 4) is 0 Å². The summed E-state index contributed by atoms with van der Waals surface area (Å²) in [5.41, 5.74) is 3.61. The van der Waals surface area contributed by atoms with E-state index in [0.717, 1.165) is 22.3 Å². The number of halogens is 4. The van der Waals surface area contributed by atoms with Crippen LogP contribution in [0.3, 0.4) is 0 Å². The summed E-state index contributed by atoms with van der Waals surface area (Å²) in [5, 5.41) is 3.44. The lowest BCUT2D eigenvalue weighted by molar-refractivity contribution is -0.140. The van der Waals surface area contributed by atoms with Gasteiger partial charge >= 0.3 is 0 Å². The Morgan fingerprint density at radius 1 is 0.744 bits per heavy atom. The molecule has 1 N–H and O–H groups in total. The van der Waals surface area contributed by atoms with Crippen LogP contribution in [0.2, 0.25) is 10.0 Å². The van der Waals surface area contributed by atoms with Crippen LogP contribution in [0.5, 0.6) is 0 Å². The molecule has 1 aliphatic heterocycles. The first-order valence-electron chi connectivity index (χ1n) is 12.9. The zero-order valence-corrected chi connectivity index (χ0v) is 23.7. The highest BCUT2D eigenvalue weighted by molar-refractivity contribution is 6.44. The molecule has 1 fully saturated rings. The van der Waals surface area contributed by atoms with Crippen LogP contribution < -0.4 is 5.32 Å². The quantitative estimate of drug-likeness (QED) is 0.179. The zero-order valence-electron chi connectivity index (χ0n) is 20.7. The van der Waals surface area contributed by atoms with Gasteiger partial charge in [0.05, 0.1) is 27.6 Å². The molecule has 3 amide bonds. The molecule has 0 radical (unpaired) electrons. The summed E-state index contributed by atoms with van der Waals surface area (Å²) in [4.78, 5) is 39.0. The normalized spacial score (nSPS) is 26.3. The van der Waals surface area contributed by atoms with Crippen LogP contribution in [0.15, 0.2) is 66.7 Å². The number of carbonyl (C=O) groups excluding carboxylic acids is 3. The van der Waals surface area contributed by atoms with Gasteiger partial charge in [0.25, 0.3) is 0 Å². The van der Waals surface area contributed by atoms with Gasteiger partial charge in [-0.05, 0) is 47.2 Å². The molecule has 3 aromatic carbocycles. The standard InChI is InChI=1S/C30H24Cl4N2O3/c31-21-13-8-14-22(26(21)32)35-23(37)15-2-1-7-16-36-27(38)24-25(28(36)39)30(34)18-10-4-3-9-17(18)29(24,33)19-11-5-6-12-20(19)30/h3-6,8-14,24-25H,1-2,7,15-16H2,(H,35,37)/t24-,25-,29?,30?/m0/s1. The van der Waals surface area contributed by atoms with Crippen LogP contribution in [0.25, 0.3) is 0 Å². The molecule has 0 unspecified atom stereocenters. The maximum atomic E-state index is 13.8. The topological polar surface area (TPSA) is 66.5 Å². The molecule has 3 aliphatic carbocycles. The first kappa shape index (κ1) is 26.6. The summed E-state index contributed by atoms with van der Waals surface area (Å²) < 4.78 is 0. The first-order chi connectivity index (χ1) is 18.7. The summed E-state index contributed by atoms with van der Waals surface area (Å²) >= 11 is 27.0. The number of hydrogen-bond donors (Lipinski definition) is 1. The predicted molar refractivity (Wildman–Crippen MR) is 153 cm³/mol. The molecule has 9 heteroatoms. The molecule has 3 aromatic rings. The van der Waals surface area contributed by atoms with Crippen LogP contribution >= 0.6 is 46.4 Å². The second-order valence-corrected chi connectivity index (χ2v) is 12.2. The van der Waals surface area contributed by atoms with Crippen molar-refractivity contribution in [2.24, 2.45) is 11.8 Å². The highest BCUT2D eigenvalue weighted by Gasteiger charge is 2.72. The van der Waals surface area contributed by atoms with Crippen LogP contribution in [0.1, 0.15) is 47.9 Å². The fraction of sp³-hybridized carbons (Fsp3) is 0.300. The fourth-order valence-corrected chi connectivity index (χ4v) is 7.94. The zero-order chi connectivity index (χ0) is 27.5. The Bertz CT molecular complexity index is 1400. The third-order valence-electron chi connectivity index (χ3n) is 8.19. The van der Waals surface area contributed by atoms with Gasteiger partial charge in [0.2, 0.25) is 17.7 Å². The predicted octanol–water partition coefficient (Wildman–Crippen LogP) is 7.09. The van der Waals surface area contributed by atoms with E-state index in [9.17, 15) is 14.4 Å². The average Bonchev–Trinajstić information content (AvgIpc) is 3.20. The first-order valence-corrected chi connectivity index (χ1v) is 14.4. The number of imide groups is 1. The SMILES string of the molecule is O=C(CCCCCN1C(=O)[C@@H]2[C@@H](C1=O)C1(Cl)c3ccccc3C2(Cl)c2ccccc21)Nc1cccc(Cl)c1Cl. The van der Waals surface area contributed by atoms with Crippen LogP contribution in [0.4, 0.5) is 5.69 Å². The molecule has 0 saturated carbocycles. The van der Waals surface area contributed by atoms with E-state index < -0.39 is 21.6 Å². The van der Waals surface area contributed by atoms with Crippen molar-refractivity contribution in [1.29, 1.82) is 0 Å². The third-order valence-corrected chi connectivity index (χ3v) is 10.3. The van der Waals surface area contributed by atoms with E-state index in [1.165, 1.54) is 4.90 Å². The molecule has 2 bridgehead atoms. The molecule has 7 rings (SSSR count). The highest BCUT2D eigenvalue weighted by Crippen LogP contribution is 2.69. The van der Waals surface area contributed by atoms with Crippen molar-refractivity contribution in [2.45, 2.75) is 35.4 Å². The van der Waals surface area contributed by atoms with E-state index in [1.54, 1.807) is 18.2 Å². The second kappa shape index (κ2) is 9.81. The van der Waals surface area contributed by atoms with Crippen molar-refractivity contribution < 1.29 is 14.4 Å². The summed E-state index contributed by atoms with van der Waals surface area (Å²) in [6, 6.07) is 20.2. The number of alkyl halides is 2. The lowest BCUT2D eigenvalue weighted by Gasteiger charge is -2.54. The van der Waals surface area contributed by atoms with Gasteiger partial charge in [-0.15, -0.1) is 23.2 Å². The van der Waals surface area contributed by atoms with Crippen molar-refractivity contribution in [3.63, 3.8) is 0 Å². The Hall–Kier alpha value is -2.57. The van der Waals surface area contributed by atoms with E-state index in [0.29, 0.717) is 35.0 Å². The number of carbonyl (C=O) groups is 3. The molecule has 5 nitrogen and oxygen atoms in total. The smallest absolute Gasteiger partial charge is 0.235 e.